The minimum atomic E-state index is -0.596. The monoisotopic (exact) mass is 380 g/mol. The highest BCUT2D eigenvalue weighted by Crippen LogP contribution is 2.24. The van der Waals surface area contributed by atoms with Gasteiger partial charge in [-0.05, 0) is 43.2 Å². The van der Waals surface area contributed by atoms with Crippen molar-refractivity contribution in [3.8, 4) is 5.75 Å². The summed E-state index contributed by atoms with van der Waals surface area (Å²) in [4.78, 5) is 27.0. The first kappa shape index (κ1) is 19.3. The van der Waals surface area contributed by atoms with Crippen LogP contribution in [0.2, 0.25) is 0 Å². The Bertz CT molecular complexity index is 961. The van der Waals surface area contributed by atoms with Crippen molar-refractivity contribution in [3.63, 3.8) is 0 Å². The molecule has 0 fully saturated rings. The lowest BCUT2D eigenvalue weighted by molar-refractivity contribution is -0.385. The van der Waals surface area contributed by atoms with Gasteiger partial charge in [-0.2, -0.15) is 0 Å². The predicted octanol–water partition coefficient (Wildman–Crippen LogP) is 4.43. The number of nitro groups is 1. The molecule has 0 bridgehead atoms. The van der Waals surface area contributed by atoms with E-state index in [1.807, 2.05) is 24.3 Å². The van der Waals surface area contributed by atoms with Crippen molar-refractivity contribution in [2.24, 2.45) is 4.99 Å². The molecule has 0 atom stereocenters. The molecule has 0 spiro atoms. The first-order valence-corrected chi connectivity index (χ1v) is 8.98. The van der Waals surface area contributed by atoms with E-state index in [-0.39, 0.29) is 17.3 Å². The van der Waals surface area contributed by atoms with E-state index >= 15 is 0 Å². The Hall–Kier alpha value is -3.48. The maximum absolute atomic E-state index is 12.1. The summed E-state index contributed by atoms with van der Waals surface area (Å²) in [5, 5.41) is 11.1. The van der Waals surface area contributed by atoms with Gasteiger partial charge in [-0.1, -0.05) is 31.5 Å². The zero-order valence-corrected chi connectivity index (χ0v) is 15.7. The third-order valence-electron chi connectivity index (χ3n) is 4.22. The second-order valence-electron chi connectivity index (χ2n) is 6.37. The van der Waals surface area contributed by atoms with Crippen LogP contribution in [0.3, 0.4) is 0 Å². The molecule has 0 amide bonds. The maximum Gasteiger partial charge on any atom is 0.363 e. The molecule has 1 aliphatic heterocycles. The van der Waals surface area contributed by atoms with Crippen LogP contribution in [-0.4, -0.2) is 23.4 Å². The van der Waals surface area contributed by atoms with Gasteiger partial charge in [0.2, 0.25) is 5.90 Å². The Labute approximate surface area is 162 Å². The van der Waals surface area contributed by atoms with Crippen molar-refractivity contribution in [3.05, 3.63) is 75.0 Å². The number of nitro benzene ring substituents is 1. The molecule has 0 saturated heterocycles. The number of esters is 1. The summed E-state index contributed by atoms with van der Waals surface area (Å²) in [6.07, 6.45) is 3.66. The van der Waals surface area contributed by atoms with E-state index in [0.717, 1.165) is 24.2 Å². The Kier molecular flexibility index (Phi) is 5.84. The molecule has 28 heavy (non-hydrogen) atoms. The summed E-state index contributed by atoms with van der Waals surface area (Å²) < 4.78 is 10.8. The third-order valence-corrected chi connectivity index (χ3v) is 4.22. The SMILES string of the molecule is CCCCOc1ccc(/C=C2\N=C(c3ccc(C)c([N+](=O)[O-])c3)OC2=O)cc1. The molecule has 0 N–H and O–H groups in total. The number of aryl methyl sites for hydroxylation is 1. The number of unbranched alkanes of at least 4 members (excludes halogenated alkanes) is 1. The van der Waals surface area contributed by atoms with Crippen molar-refractivity contribution in [2.75, 3.05) is 6.61 Å². The van der Waals surface area contributed by atoms with E-state index in [1.165, 1.54) is 6.07 Å². The first-order chi connectivity index (χ1) is 13.5. The number of hydrogen-bond donors (Lipinski definition) is 0. The van der Waals surface area contributed by atoms with Crippen LogP contribution in [-0.2, 0) is 9.53 Å². The van der Waals surface area contributed by atoms with Crippen LogP contribution in [0.1, 0.15) is 36.5 Å². The highest BCUT2D eigenvalue weighted by molar-refractivity contribution is 6.13. The van der Waals surface area contributed by atoms with Crippen molar-refractivity contribution < 1.29 is 19.2 Å². The molecule has 144 valence electrons. The zero-order valence-electron chi connectivity index (χ0n) is 15.7. The number of aliphatic imine (C=N–C) groups is 1. The Morgan fingerprint density at radius 2 is 1.96 bits per heavy atom. The molecule has 1 heterocycles. The van der Waals surface area contributed by atoms with E-state index < -0.39 is 10.9 Å². The molecule has 0 aromatic heterocycles. The Morgan fingerprint density at radius 1 is 1.21 bits per heavy atom. The Morgan fingerprint density at radius 3 is 2.64 bits per heavy atom. The topological polar surface area (TPSA) is 91.0 Å². The van der Waals surface area contributed by atoms with Crippen LogP contribution in [0, 0.1) is 17.0 Å². The van der Waals surface area contributed by atoms with Crippen molar-refractivity contribution in [1.29, 1.82) is 0 Å². The van der Waals surface area contributed by atoms with Crippen molar-refractivity contribution >= 4 is 23.6 Å². The van der Waals surface area contributed by atoms with Gasteiger partial charge in [0.1, 0.15) is 5.75 Å². The quantitative estimate of drug-likeness (QED) is 0.233. The highest BCUT2D eigenvalue weighted by Gasteiger charge is 2.25. The molecular weight excluding hydrogens is 360 g/mol. The van der Waals surface area contributed by atoms with Crippen molar-refractivity contribution in [2.45, 2.75) is 26.7 Å². The van der Waals surface area contributed by atoms with E-state index in [2.05, 4.69) is 11.9 Å². The molecule has 7 nitrogen and oxygen atoms in total. The molecule has 7 heteroatoms. The van der Waals surface area contributed by atoms with Gasteiger partial charge in [-0.25, -0.2) is 9.79 Å². The van der Waals surface area contributed by atoms with Crippen LogP contribution >= 0.6 is 0 Å². The number of nitrogens with zero attached hydrogens (tertiary/aromatic N) is 2. The van der Waals surface area contributed by atoms with Gasteiger partial charge in [-0.3, -0.25) is 10.1 Å². The van der Waals surface area contributed by atoms with Gasteiger partial charge >= 0.3 is 5.97 Å². The fraction of sp³-hybridized carbons (Fsp3) is 0.238. The zero-order chi connectivity index (χ0) is 20.1. The van der Waals surface area contributed by atoms with E-state index in [0.29, 0.717) is 17.7 Å². The largest absolute Gasteiger partial charge is 0.494 e. The number of ether oxygens (including phenoxy) is 2. The maximum atomic E-state index is 12.1. The van der Waals surface area contributed by atoms with Gasteiger partial charge in [0, 0.05) is 17.2 Å². The molecule has 0 unspecified atom stereocenters. The summed E-state index contributed by atoms with van der Waals surface area (Å²) in [6.45, 7) is 4.41. The van der Waals surface area contributed by atoms with Gasteiger partial charge in [-0.15, -0.1) is 0 Å². The number of carbonyl (C=O) groups excluding carboxylic acids is 1. The molecule has 0 aliphatic carbocycles. The van der Waals surface area contributed by atoms with Gasteiger partial charge in [0.05, 0.1) is 11.5 Å². The minimum Gasteiger partial charge on any atom is -0.494 e. The number of cyclic esters (lactones) is 1. The third kappa shape index (κ3) is 4.43. The molecule has 3 rings (SSSR count). The number of hydrogen-bond acceptors (Lipinski definition) is 6. The summed E-state index contributed by atoms with van der Waals surface area (Å²) in [7, 11) is 0. The second kappa shape index (κ2) is 8.47. The number of rotatable bonds is 7. The fourth-order valence-electron chi connectivity index (χ4n) is 2.62. The fourth-order valence-corrected chi connectivity index (χ4v) is 2.62. The normalized spacial score (nSPS) is 14.7. The highest BCUT2D eigenvalue weighted by atomic mass is 16.6. The van der Waals surface area contributed by atoms with E-state index in [4.69, 9.17) is 9.47 Å². The summed E-state index contributed by atoms with van der Waals surface area (Å²) in [5.41, 5.74) is 1.77. The lowest BCUT2D eigenvalue weighted by atomic mass is 10.1. The van der Waals surface area contributed by atoms with Crippen molar-refractivity contribution in [1.82, 2.24) is 0 Å². The number of carbonyl (C=O) groups is 1. The lowest BCUT2D eigenvalue weighted by Crippen LogP contribution is -2.06. The molecule has 2 aromatic carbocycles. The van der Waals surface area contributed by atoms with Crippen LogP contribution in [0.25, 0.3) is 6.08 Å². The molecular formula is C21H20N2O5. The van der Waals surface area contributed by atoms with Crippen LogP contribution in [0.15, 0.2) is 53.2 Å². The van der Waals surface area contributed by atoms with Gasteiger partial charge in [0.15, 0.2) is 5.70 Å². The van der Waals surface area contributed by atoms with Crippen LogP contribution in [0.4, 0.5) is 5.69 Å². The molecule has 0 radical (unpaired) electrons. The number of benzene rings is 2. The van der Waals surface area contributed by atoms with Gasteiger partial charge < -0.3 is 9.47 Å². The molecule has 1 aliphatic rings. The van der Waals surface area contributed by atoms with Gasteiger partial charge in [0.25, 0.3) is 5.69 Å². The summed E-state index contributed by atoms with van der Waals surface area (Å²) >= 11 is 0. The minimum absolute atomic E-state index is 0.0488. The smallest absolute Gasteiger partial charge is 0.363 e. The lowest BCUT2D eigenvalue weighted by Gasteiger charge is -2.05. The van der Waals surface area contributed by atoms with E-state index in [9.17, 15) is 14.9 Å². The molecule has 0 saturated carbocycles. The first-order valence-electron chi connectivity index (χ1n) is 8.98. The summed E-state index contributed by atoms with van der Waals surface area (Å²) in [6, 6.07) is 11.9. The molecule has 2 aromatic rings. The second-order valence-corrected chi connectivity index (χ2v) is 6.37. The van der Waals surface area contributed by atoms with Crippen LogP contribution < -0.4 is 4.74 Å². The van der Waals surface area contributed by atoms with Crippen LogP contribution in [0.5, 0.6) is 5.75 Å². The average molecular weight is 380 g/mol. The Balaban J connectivity index is 1.80. The standard InChI is InChI=1S/C21H20N2O5/c1-3-4-11-27-17-9-6-15(7-10-17)12-18-21(24)28-20(22-18)16-8-5-14(2)19(13-16)23(25)26/h5-10,12-13H,3-4,11H2,1-2H3/b18-12-. The predicted molar refractivity (Wildman–Crippen MR) is 105 cm³/mol. The average Bonchev–Trinajstić information content (AvgIpc) is 3.04. The van der Waals surface area contributed by atoms with E-state index in [1.54, 1.807) is 25.1 Å². The summed E-state index contributed by atoms with van der Waals surface area (Å²) in [5.74, 6) is 0.223.